The molecule has 0 bridgehead atoms. The molecule has 1 aliphatic rings. The summed E-state index contributed by atoms with van der Waals surface area (Å²) in [7, 11) is 1.57. The van der Waals surface area contributed by atoms with Crippen molar-refractivity contribution in [2.75, 3.05) is 20.2 Å². The summed E-state index contributed by atoms with van der Waals surface area (Å²) < 4.78 is 20.2. The first kappa shape index (κ1) is 15.4. The summed E-state index contributed by atoms with van der Waals surface area (Å²) in [6, 6.07) is 4.98. The van der Waals surface area contributed by atoms with E-state index in [-0.39, 0.29) is 18.3 Å². The molecular weight excluding hydrogens is 301 g/mol. The zero-order valence-corrected chi connectivity index (χ0v) is 13.7. The highest BCUT2D eigenvalue weighted by Gasteiger charge is 2.27. The van der Waals surface area contributed by atoms with Crippen LogP contribution in [0.15, 0.2) is 18.2 Å². The highest BCUT2D eigenvalue weighted by Crippen LogP contribution is 2.35. The summed E-state index contributed by atoms with van der Waals surface area (Å²) in [5, 5.41) is 0.530. The number of carbonyl (C=O) groups is 1. The number of rotatable bonds is 3. The Kier molecular flexibility index (Phi) is 4.45. The molecule has 1 aromatic carbocycles. The molecule has 2 aromatic rings. The number of likely N-dealkylation sites (tertiary alicyclic amines) is 1. The second kappa shape index (κ2) is 6.34. The minimum atomic E-state index is -0.285. The van der Waals surface area contributed by atoms with Gasteiger partial charge in [0.15, 0.2) is 0 Å². The van der Waals surface area contributed by atoms with Gasteiger partial charge in [0, 0.05) is 35.8 Å². The molecule has 1 saturated heterocycles. The third kappa shape index (κ3) is 2.75. The number of fused-ring (bicyclic) bond motifs is 1. The van der Waals surface area contributed by atoms with E-state index in [0.29, 0.717) is 21.7 Å². The largest absolute Gasteiger partial charge is 0.380 e. The molecule has 0 N–H and O–H groups in total. The van der Waals surface area contributed by atoms with Crippen LogP contribution in [0.2, 0.25) is 0 Å². The minimum Gasteiger partial charge on any atom is -0.380 e. The van der Waals surface area contributed by atoms with Crippen LogP contribution in [0.3, 0.4) is 0 Å². The van der Waals surface area contributed by atoms with Gasteiger partial charge in [-0.3, -0.25) is 4.79 Å². The van der Waals surface area contributed by atoms with Crippen LogP contribution in [0.25, 0.3) is 10.1 Å². The number of benzene rings is 1. The number of hydrogen-bond acceptors (Lipinski definition) is 3. The number of methoxy groups -OCH3 is 1. The monoisotopic (exact) mass is 321 g/mol. The van der Waals surface area contributed by atoms with Crippen molar-refractivity contribution in [1.82, 2.24) is 4.90 Å². The Hall–Kier alpha value is -1.46. The average molecular weight is 321 g/mol. The standard InChI is InChI=1S/C17H20FNO2S/c1-11-5-4-8-19(9-11)17(20)16-12(10-21-2)15-13(18)6-3-7-14(15)22-16/h3,6-7,11H,4-5,8-10H2,1-2H3. The first-order valence-corrected chi connectivity index (χ1v) is 8.41. The fraction of sp³-hybridized carbons (Fsp3) is 0.471. The molecule has 1 aromatic heterocycles. The molecule has 118 valence electrons. The van der Waals surface area contributed by atoms with Crippen molar-refractivity contribution >= 4 is 27.3 Å². The van der Waals surface area contributed by atoms with Crippen molar-refractivity contribution in [3.8, 4) is 0 Å². The molecule has 3 nitrogen and oxygen atoms in total. The lowest BCUT2D eigenvalue weighted by Gasteiger charge is -2.30. The molecule has 0 aliphatic carbocycles. The average Bonchev–Trinajstić information content (AvgIpc) is 2.87. The van der Waals surface area contributed by atoms with E-state index < -0.39 is 0 Å². The van der Waals surface area contributed by atoms with Crippen LogP contribution in [-0.4, -0.2) is 31.0 Å². The molecule has 0 radical (unpaired) electrons. The van der Waals surface area contributed by atoms with Crippen LogP contribution in [0, 0.1) is 11.7 Å². The van der Waals surface area contributed by atoms with E-state index >= 15 is 0 Å². The van der Waals surface area contributed by atoms with Crippen LogP contribution in [0.1, 0.15) is 35.0 Å². The van der Waals surface area contributed by atoms with Crippen molar-refractivity contribution in [3.63, 3.8) is 0 Å². The number of ether oxygens (including phenoxy) is 1. The van der Waals surface area contributed by atoms with E-state index in [4.69, 9.17) is 4.74 Å². The zero-order chi connectivity index (χ0) is 15.7. The second-order valence-corrected chi connectivity index (χ2v) is 7.01. The summed E-state index contributed by atoms with van der Waals surface area (Å²) in [5.74, 6) is 0.251. The molecule has 5 heteroatoms. The zero-order valence-electron chi connectivity index (χ0n) is 12.9. The molecule has 1 atom stereocenters. The first-order chi connectivity index (χ1) is 10.6. The van der Waals surface area contributed by atoms with E-state index in [2.05, 4.69) is 6.92 Å². The van der Waals surface area contributed by atoms with Gasteiger partial charge >= 0.3 is 0 Å². The molecule has 1 fully saturated rings. The molecule has 22 heavy (non-hydrogen) atoms. The van der Waals surface area contributed by atoms with Gasteiger partial charge in [-0.1, -0.05) is 13.0 Å². The number of halogens is 1. The molecule has 1 amide bonds. The Balaban J connectivity index is 2.03. The van der Waals surface area contributed by atoms with Crippen molar-refractivity contribution in [2.45, 2.75) is 26.4 Å². The van der Waals surface area contributed by atoms with Gasteiger partial charge in [0.2, 0.25) is 0 Å². The van der Waals surface area contributed by atoms with Gasteiger partial charge in [-0.2, -0.15) is 0 Å². The highest BCUT2D eigenvalue weighted by atomic mass is 32.1. The Bertz CT molecular complexity index is 697. The van der Waals surface area contributed by atoms with E-state index in [1.54, 1.807) is 13.2 Å². The molecular formula is C17H20FNO2S. The van der Waals surface area contributed by atoms with Gasteiger partial charge in [-0.15, -0.1) is 11.3 Å². The summed E-state index contributed by atoms with van der Waals surface area (Å²) >= 11 is 1.37. The van der Waals surface area contributed by atoms with E-state index in [0.717, 1.165) is 30.6 Å². The quantitative estimate of drug-likeness (QED) is 0.853. The number of hydrogen-bond donors (Lipinski definition) is 0. The van der Waals surface area contributed by atoms with Crippen LogP contribution in [0.4, 0.5) is 4.39 Å². The van der Waals surface area contributed by atoms with Gasteiger partial charge in [-0.05, 0) is 30.9 Å². The van der Waals surface area contributed by atoms with E-state index in [9.17, 15) is 9.18 Å². The van der Waals surface area contributed by atoms with Crippen LogP contribution in [0.5, 0.6) is 0 Å². The second-order valence-electron chi connectivity index (χ2n) is 5.95. The Morgan fingerprint density at radius 2 is 2.32 bits per heavy atom. The maximum Gasteiger partial charge on any atom is 0.264 e. The Morgan fingerprint density at radius 1 is 1.50 bits per heavy atom. The minimum absolute atomic E-state index is 0.0131. The molecule has 3 rings (SSSR count). The lowest BCUT2D eigenvalue weighted by atomic mass is 10.00. The smallest absolute Gasteiger partial charge is 0.264 e. The maximum atomic E-state index is 14.2. The summed E-state index contributed by atoms with van der Waals surface area (Å²) in [4.78, 5) is 15.4. The third-order valence-corrected chi connectivity index (χ3v) is 5.38. The topological polar surface area (TPSA) is 29.5 Å². The summed E-state index contributed by atoms with van der Waals surface area (Å²) in [6.45, 7) is 3.99. The van der Waals surface area contributed by atoms with Gasteiger partial charge in [0.25, 0.3) is 5.91 Å². The fourth-order valence-corrected chi connectivity index (χ4v) is 4.33. The summed E-state index contributed by atoms with van der Waals surface area (Å²) in [6.07, 6.45) is 2.20. The van der Waals surface area contributed by atoms with Crippen molar-refractivity contribution in [3.05, 3.63) is 34.5 Å². The molecule has 1 aliphatic heterocycles. The van der Waals surface area contributed by atoms with E-state index in [1.807, 2.05) is 11.0 Å². The predicted molar refractivity (Wildman–Crippen MR) is 86.8 cm³/mol. The number of thiophene rings is 1. The van der Waals surface area contributed by atoms with Crippen molar-refractivity contribution < 1.29 is 13.9 Å². The van der Waals surface area contributed by atoms with Gasteiger partial charge in [0.05, 0.1) is 11.5 Å². The van der Waals surface area contributed by atoms with Gasteiger partial charge in [-0.25, -0.2) is 4.39 Å². The lowest BCUT2D eigenvalue weighted by molar-refractivity contribution is 0.0684. The Labute approximate surface area is 133 Å². The fourth-order valence-electron chi connectivity index (χ4n) is 3.14. The summed E-state index contributed by atoms with van der Waals surface area (Å²) in [5.41, 5.74) is 0.684. The van der Waals surface area contributed by atoms with Gasteiger partial charge < -0.3 is 9.64 Å². The first-order valence-electron chi connectivity index (χ1n) is 7.60. The molecule has 2 heterocycles. The predicted octanol–water partition coefficient (Wildman–Crippen LogP) is 4.06. The van der Waals surface area contributed by atoms with E-state index in [1.165, 1.54) is 17.4 Å². The number of piperidine rings is 1. The van der Waals surface area contributed by atoms with Crippen LogP contribution < -0.4 is 0 Å². The van der Waals surface area contributed by atoms with Crippen LogP contribution >= 0.6 is 11.3 Å². The van der Waals surface area contributed by atoms with Gasteiger partial charge in [0.1, 0.15) is 5.82 Å². The molecule has 0 saturated carbocycles. The SMILES string of the molecule is COCc1c(C(=O)N2CCCC(C)C2)sc2cccc(F)c12. The number of nitrogens with zero attached hydrogens (tertiary/aromatic N) is 1. The van der Waals surface area contributed by atoms with Crippen molar-refractivity contribution in [1.29, 1.82) is 0 Å². The third-order valence-electron chi connectivity index (χ3n) is 4.19. The number of amides is 1. The molecule has 0 spiro atoms. The van der Waals surface area contributed by atoms with Crippen molar-refractivity contribution in [2.24, 2.45) is 5.92 Å². The number of carbonyl (C=O) groups excluding carboxylic acids is 1. The molecule has 1 unspecified atom stereocenters. The Morgan fingerprint density at radius 3 is 3.05 bits per heavy atom. The van der Waals surface area contributed by atoms with Crippen LogP contribution in [-0.2, 0) is 11.3 Å². The normalized spacial score (nSPS) is 18.9. The highest BCUT2D eigenvalue weighted by molar-refractivity contribution is 7.21. The lowest BCUT2D eigenvalue weighted by Crippen LogP contribution is -2.39. The maximum absolute atomic E-state index is 14.2.